The lowest BCUT2D eigenvalue weighted by molar-refractivity contribution is 0.355. The van der Waals surface area contributed by atoms with Crippen LogP contribution >= 0.6 is 22.9 Å². The van der Waals surface area contributed by atoms with Crippen molar-refractivity contribution in [2.24, 2.45) is 0 Å². The molecule has 1 N–H and O–H groups in total. The van der Waals surface area contributed by atoms with Gasteiger partial charge in [-0.15, -0.1) is 11.3 Å². The maximum atomic E-state index is 9.58. The lowest BCUT2D eigenvalue weighted by atomic mass is 10.1. The number of fused-ring (bicyclic) bond motifs is 1. The summed E-state index contributed by atoms with van der Waals surface area (Å²) in [6.45, 7) is 0. The zero-order valence-electron chi connectivity index (χ0n) is 16.6. The van der Waals surface area contributed by atoms with Gasteiger partial charge in [0.25, 0.3) is 0 Å². The van der Waals surface area contributed by atoms with E-state index in [1.54, 1.807) is 56.9 Å². The molecule has 0 amide bonds. The number of phenols is 1. The van der Waals surface area contributed by atoms with E-state index in [0.717, 1.165) is 26.3 Å². The van der Waals surface area contributed by atoms with E-state index < -0.39 is 0 Å². The Balaban J connectivity index is 1.93. The minimum Gasteiger partial charge on any atom is -0.508 e. The number of aromatic hydroxyl groups is 1. The molecule has 0 fully saturated rings. The first kappa shape index (κ1) is 20.2. The molecular formula is C23H19ClO5S. The first-order valence-corrected chi connectivity index (χ1v) is 10.2. The van der Waals surface area contributed by atoms with E-state index >= 15 is 0 Å². The van der Waals surface area contributed by atoms with Crippen molar-refractivity contribution in [3.05, 3.63) is 59.6 Å². The molecular weight excluding hydrogens is 424 g/mol. The van der Waals surface area contributed by atoms with E-state index in [0.29, 0.717) is 28.0 Å². The summed E-state index contributed by atoms with van der Waals surface area (Å²) in [5.74, 6) is 3.20. The average Bonchev–Trinajstić information content (AvgIpc) is 3.12. The Labute approximate surface area is 183 Å². The number of methoxy groups -OCH3 is 3. The van der Waals surface area contributed by atoms with Gasteiger partial charge in [0.15, 0.2) is 17.2 Å². The highest BCUT2D eigenvalue weighted by Gasteiger charge is 2.22. The van der Waals surface area contributed by atoms with Gasteiger partial charge in [0.05, 0.1) is 31.2 Å². The molecule has 3 aromatic carbocycles. The number of hydrogen-bond donors (Lipinski definition) is 1. The van der Waals surface area contributed by atoms with Gasteiger partial charge in [0, 0.05) is 15.6 Å². The Kier molecular flexibility index (Phi) is 5.61. The highest BCUT2D eigenvalue weighted by Crippen LogP contribution is 2.51. The second kappa shape index (κ2) is 8.34. The summed E-state index contributed by atoms with van der Waals surface area (Å²) in [5, 5.41) is 10.9. The third-order valence-electron chi connectivity index (χ3n) is 4.64. The van der Waals surface area contributed by atoms with Crippen LogP contribution in [0.2, 0.25) is 5.02 Å². The lowest BCUT2D eigenvalue weighted by Gasteiger charge is -2.13. The molecule has 0 aliphatic carbocycles. The molecule has 4 aromatic rings. The average molecular weight is 443 g/mol. The highest BCUT2D eigenvalue weighted by molar-refractivity contribution is 7.22. The highest BCUT2D eigenvalue weighted by atomic mass is 35.5. The first-order valence-electron chi connectivity index (χ1n) is 9.04. The second-order valence-corrected chi connectivity index (χ2v) is 7.81. The number of phenolic OH excluding ortho intramolecular Hbond substituents is 1. The van der Waals surface area contributed by atoms with E-state index in [1.807, 2.05) is 30.3 Å². The molecule has 0 aliphatic rings. The molecule has 0 bridgehead atoms. The monoisotopic (exact) mass is 442 g/mol. The summed E-state index contributed by atoms with van der Waals surface area (Å²) in [6.07, 6.45) is 0. The topological polar surface area (TPSA) is 57.2 Å². The third-order valence-corrected chi connectivity index (χ3v) is 6.18. The van der Waals surface area contributed by atoms with Crippen molar-refractivity contribution in [3.63, 3.8) is 0 Å². The molecule has 0 saturated carbocycles. The van der Waals surface area contributed by atoms with Gasteiger partial charge in [0.1, 0.15) is 17.2 Å². The predicted octanol–water partition coefficient (Wildman–Crippen LogP) is 6.75. The van der Waals surface area contributed by atoms with E-state index in [2.05, 4.69) is 0 Å². The molecule has 1 heterocycles. The van der Waals surface area contributed by atoms with E-state index in [1.165, 1.54) is 0 Å². The molecule has 4 rings (SSSR count). The van der Waals surface area contributed by atoms with Crippen molar-refractivity contribution in [3.8, 4) is 44.9 Å². The van der Waals surface area contributed by atoms with Crippen molar-refractivity contribution in [2.75, 3.05) is 21.3 Å². The Morgan fingerprint density at radius 2 is 1.53 bits per heavy atom. The zero-order chi connectivity index (χ0) is 21.3. The van der Waals surface area contributed by atoms with Crippen molar-refractivity contribution in [1.82, 2.24) is 0 Å². The van der Waals surface area contributed by atoms with Gasteiger partial charge >= 0.3 is 0 Å². The van der Waals surface area contributed by atoms with Crippen LogP contribution in [0.3, 0.4) is 0 Å². The molecule has 0 saturated heterocycles. The summed E-state index contributed by atoms with van der Waals surface area (Å²) >= 11 is 8.24. The SMILES string of the molecule is COc1ccc2c(Oc3ccc(O)cc3)c(-c3ccc(OC)c(OC)c3Cl)sc2c1. The molecule has 0 spiro atoms. The molecule has 0 aliphatic heterocycles. The fourth-order valence-corrected chi connectivity index (χ4v) is 4.73. The van der Waals surface area contributed by atoms with Crippen LogP contribution in [-0.4, -0.2) is 26.4 Å². The van der Waals surface area contributed by atoms with Crippen LogP contribution in [0.5, 0.6) is 34.5 Å². The molecule has 0 atom stereocenters. The quantitative estimate of drug-likeness (QED) is 0.358. The number of benzene rings is 3. The van der Waals surface area contributed by atoms with Crippen LogP contribution < -0.4 is 18.9 Å². The second-order valence-electron chi connectivity index (χ2n) is 6.38. The van der Waals surface area contributed by atoms with Crippen molar-refractivity contribution in [2.45, 2.75) is 0 Å². The summed E-state index contributed by atoms with van der Waals surface area (Å²) < 4.78 is 23.4. The third kappa shape index (κ3) is 3.60. The van der Waals surface area contributed by atoms with E-state index in [4.69, 9.17) is 30.5 Å². The minimum absolute atomic E-state index is 0.172. The summed E-state index contributed by atoms with van der Waals surface area (Å²) in [5.41, 5.74) is 0.767. The Bertz CT molecular complexity index is 1200. The molecule has 0 radical (unpaired) electrons. The Morgan fingerprint density at radius 3 is 2.20 bits per heavy atom. The molecule has 1 aromatic heterocycles. The number of halogens is 1. The van der Waals surface area contributed by atoms with Gasteiger partial charge in [-0.1, -0.05) is 11.6 Å². The zero-order valence-corrected chi connectivity index (χ0v) is 18.1. The minimum atomic E-state index is 0.172. The molecule has 5 nitrogen and oxygen atoms in total. The van der Waals surface area contributed by atoms with Gasteiger partial charge in [-0.25, -0.2) is 0 Å². The van der Waals surface area contributed by atoms with Gasteiger partial charge in [-0.05, 0) is 54.6 Å². The summed E-state index contributed by atoms with van der Waals surface area (Å²) in [4.78, 5) is 0.845. The van der Waals surface area contributed by atoms with Crippen LogP contribution in [0.25, 0.3) is 20.5 Å². The largest absolute Gasteiger partial charge is 0.508 e. The number of thiophene rings is 1. The number of ether oxygens (including phenoxy) is 4. The van der Waals surface area contributed by atoms with Crippen molar-refractivity contribution in [1.29, 1.82) is 0 Å². The van der Waals surface area contributed by atoms with Crippen LogP contribution in [0.4, 0.5) is 0 Å². The van der Waals surface area contributed by atoms with Crippen LogP contribution in [-0.2, 0) is 0 Å². The predicted molar refractivity (Wildman–Crippen MR) is 120 cm³/mol. The van der Waals surface area contributed by atoms with Gasteiger partial charge in [0.2, 0.25) is 0 Å². The maximum absolute atomic E-state index is 9.58. The van der Waals surface area contributed by atoms with Crippen LogP contribution in [0, 0.1) is 0 Å². The summed E-state index contributed by atoms with van der Waals surface area (Å²) in [7, 11) is 4.75. The van der Waals surface area contributed by atoms with Gasteiger partial charge < -0.3 is 24.1 Å². The molecule has 154 valence electrons. The normalized spacial score (nSPS) is 10.8. The number of rotatable bonds is 6. The summed E-state index contributed by atoms with van der Waals surface area (Å²) in [6, 6.07) is 16.1. The lowest BCUT2D eigenvalue weighted by Crippen LogP contribution is -1.93. The van der Waals surface area contributed by atoms with Crippen molar-refractivity contribution < 1.29 is 24.1 Å². The van der Waals surface area contributed by atoms with Crippen LogP contribution in [0.1, 0.15) is 0 Å². The standard InChI is InChI=1S/C23H19ClO5S/c1-26-15-8-9-16-19(12-15)30-23(21(16)29-14-6-4-13(25)5-7-14)17-10-11-18(27-2)22(28-3)20(17)24/h4-12,25H,1-3H3. The fourth-order valence-electron chi connectivity index (χ4n) is 3.16. The maximum Gasteiger partial charge on any atom is 0.180 e. The van der Waals surface area contributed by atoms with Crippen LogP contribution in [0.15, 0.2) is 54.6 Å². The number of hydrogen-bond acceptors (Lipinski definition) is 6. The van der Waals surface area contributed by atoms with Crippen molar-refractivity contribution >= 4 is 33.0 Å². The van der Waals surface area contributed by atoms with E-state index in [-0.39, 0.29) is 5.75 Å². The molecule has 0 unspecified atom stereocenters. The fraction of sp³-hybridized carbons (Fsp3) is 0.130. The van der Waals surface area contributed by atoms with E-state index in [9.17, 15) is 5.11 Å². The molecule has 30 heavy (non-hydrogen) atoms. The first-order chi connectivity index (χ1) is 14.5. The smallest absolute Gasteiger partial charge is 0.180 e. The van der Waals surface area contributed by atoms with Gasteiger partial charge in [-0.2, -0.15) is 0 Å². The molecule has 7 heteroatoms. The van der Waals surface area contributed by atoms with Gasteiger partial charge in [-0.3, -0.25) is 0 Å². The Morgan fingerprint density at radius 1 is 0.800 bits per heavy atom. The Hall–Kier alpha value is -3.09.